The highest BCUT2D eigenvalue weighted by Crippen LogP contribution is 2.21. The fourth-order valence-corrected chi connectivity index (χ4v) is 1.54. The summed E-state index contributed by atoms with van der Waals surface area (Å²) in [5, 5.41) is 8.90. The Hall–Kier alpha value is -2.35. The first-order valence-corrected chi connectivity index (χ1v) is 4.72. The molecular weight excluding hydrogens is 208 g/mol. The van der Waals surface area contributed by atoms with Gasteiger partial charge in [-0.15, -0.1) is 0 Å². The number of ether oxygens (including phenoxy) is 1. The molecule has 1 fully saturated rings. The Labute approximate surface area is 91.8 Å². The number of nitriles is 1. The fourth-order valence-electron chi connectivity index (χ4n) is 1.54. The second-order valence-corrected chi connectivity index (χ2v) is 3.22. The molecule has 5 heteroatoms. The Kier molecular flexibility index (Phi) is 2.56. The monoisotopic (exact) mass is 216 g/mol. The van der Waals surface area contributed by atoms with Gasteiger partial charge in [-0.1, -0.05) is 12.1 Å². The van der Waals surface area contributed by atoms with Gasteiger partial charge in [0.25, 0.3) is 0 Å². The lowest BCUT2D eigenvalue weighted by molar-refractivity contribution is -0.156. The summed E-state index contributed by atoms with van der Waals surface area (Å²) in [6.45, 7) is 0.438. The first kappa shape index (κ1) is 10.2. The molecule has 0 aliphatic carbocycles. The van der Waals surface area contributed by atoms with E-state index in [-0.39, 0.29) is 13.2 Å². The maximum absolute atomic E-state index is 11.5. The van der Waals surface area contributed by atoms with Gasteiger partial charge in [0.05, 0.1) is 17.8 Å². The number of carbonyl (C=O) groups is 2. The summed E-state index contributed by atoms with van der Waals surface area (Å²) in [4.78, 5) is 23.9. The summed E-state index contributed by atoms with van der Waals surface area (Å²) in [6, 6.07) is 8.63. The summed E-state index contributed by atoms with van der Waals surface area (Å²) in [5.74, 6) is -1.60. The van der Waals surface area contributed by atoms with Crippen molar-refractivity contribution >= 4 is 17.6 Å². The molecule has 1 aromatic rings. The SMILES string of the molecule is N#Cc1ccccc1N1CCOC(=O)C1=O. The first-order valence-electron chi connectivity index (χ1n) is 4.72. The molecule has 1 heterocycles. The first-order chi connectivity index (χ1) is 7.74. The molecule has 80 valence electrons. The standard InChI is InChI=1S/C11H8N2O3/c12-7-8-3-1-2-4-9(8)13-5-6-16-11(15)10(13)14/h1-4H,5-6H2. The van der Waals surface area contributed by atoms with E-state index in [1.165, 1.54) is 4.90 Å². The summed E-state index contributed by atoms with van der Waals surface area (Å²) < 4.78 is 4.60. The third-order valence-electron chi connectivity index (χ3n) is 2.28. The van der Waals surface area contributed by atoms with Gasteiger partial charge in [-0.25, -0.2) is 4.79 Å². The van der Waals surface area contributed by atoms with Crippen LogP contribution in [-0.2, 0) is 14.3 Å². The molecule has 0 unspecified atom stereocenters. The Balaban J connectivity index is 2.40. The van der Waals surface area contributed by atoms with E-state index in [1.807, 2.05) is 6.07 Å². The van der Waals surface area contributed by atoms with Crippen molar-refractivity contribution in [2.24, 2.45) is 0 Å². The smallest absolute Gasteiger partial charge is 0.397 e. The van der Waals surface area contributed by atoms with E-state index < -0.39 is 11.9 Å². The molecule has 5 nitrogen and oxygen atoms in total. The van der Waals surface area contributed by atoms with Crippen LogP contribution in [0.15, 0.2) is 24.3 Å². The minimum atomic E-state index is -0.876. The molecular formula is C11H8N2O3. The number of para-hydroxylation sites is 1. The van der Waals surface area contributed by atoms with Crippen LogP contribution >= 0.6 is 0 Å². The fraction of sp³-hybridized carbons (Fsp3) is 0.182. The largest absolute Gasteiger partial charge is 0.457 e. The van der Waals surface area contributed by atoms with E-state index in [9.17, 15) is 9.59 Å². The molecule has 1 amide bonds. The molecule has 0 bridgehead atoms. The zero-order valence-electron chi connectivity index (χ0n) is 8.34. The second kappa shape index (κ2) is 4.03. The van der Waals surface area contributed by atoms with Crippen LogP contribution in [0.4, 0.5) is 5.69 Å². The van der Waals surface area contributed by atoms with E-state index in [0.29, 0.717) is 11.3 Å². The summed E-state index contributed by atoms with van der Waals surface area (Å²) >= 11 is 0. The third-order valence-corrected chi connectivity index (χ3v) is 2.28. The lowest BCUT2D eigenvalue weighted by atomic mass is 10.1. The van der Waals surface area contributed by atoms with E-state index in [4.69, 9.17) is 5.26 Å². The van der Waals surface area contributed by atoms with Crippen molar-refractivity contribution in [3.63, 3.8) is 0 Å². The van der Waals surface area contributed by atoms with E-state index in [2.05, 4.69) is 4.74 Å². The van der Waals surface area contributed by atoms with Crippen molar-refractivity contribution in [1.82, 2.24) is 0 Å². The topological polar surface area (TPSA) is 70.4 Å². The molecule has 0 saturated carbocycles. The van der Waals surface area contributed by atoms with Gasteiger partial charge in [-0.3, -0.25) is 9.69 Å². The van der Waals surface area contributed by atoms with E-state index in [1.54, 1.807) is 24.3 Å². The summed E-state index contributed by atoms with van der Waals surface area (Å²) in [5.41, 5.74) is 0.817. The molecule has 0 atom stereocenters. The Bertz CT molecular complexity index is 490. The van der Waals surface area contributed by atoms with Gasteiger partial charge in [-0.05, 0) is 12.1 Å². The molecule has 16 heavy (non-hydrogen) atoms. The van der Waals surface area contributed by atoms with Crippen molar-refractivity contribution in [2.45, 2.75) is 0 Å². The number of esters is 1. The summed E-state index contributed by atoms with van der Waals surface area (Å²) in [6.07, 6.45) is 0. The van der Waals surface area contributed by atoms with Gasteiger partial charge < -0.3 is 4.74 Å². The Morgan fingerprint density at radius 3 is 2.81 bits per heavy atom. The van der Waals surface area contributed by atoms with Crippen LogP contribution in [-0.4, -0.2) is 25.0 Å². The van der Waals surface area contributed by atoms with Crippen molar-refractivity contribution in [3.8, 4) is 6.07 Å². The van der Waals surface area contributed by atoms with Crippen molar-refractivity contribution in [2.75, 3.05) is 18.1 Å². The van der Waals surface area contributed by atoms with Crippen LogP contribution in [0, 0.1) is 11.3 Å². The van der Waals surface area contributed by atoms with Gasteiger partial charge in [0.1, 0.15) is 12.7 Å². The molecule has 0 radical (unpaired) electrons. The number of nitrogens with zero attached hydrogens (tertiary/aromatic N) is 2. The molecule has 2 rings (SSSR count). The minimum absolute atomic E-state index is 0.157. The molecule has 0 spiro atoms. The number of benzene rings is 1. The lowest BCUT2D eigenvalue weighted by Gasteiger charge is -2.26. The van der Waals surface area contributed by atoms with Gasteiger partial charge in [0.2, 0.25) is 0 Å². The predicted octanol–water partition coefficient (Wildman–Crippen LogP) is 0.448. The predicted molar refractivity (Wildman–Crippen MR) is 54.5 cm³/mol. The maximum atomic E-state index is 11.5. The highest BCUT2D eigenvalue weighted by atomic mass is 16.5. The van der Waals surface area contributed by atoms with Crippen LogP contribution in [0.5, 0.6) is 0 Å². The van der Waals surface area contributed by atoms with Gasteiger partial charge in [0, 0.05) is 0 Å². The number of carbonyl (C=O) groups excluding carboxylic acids is 2. The maximum Gasteiger partial charge on any atom is 0.397 e. The van der Waals surface area contributed by atoms with Crippen LogP contribution in [0.3, 0.4) is 0 Å². The average molecular weight is 216 g/mol. The Morgan fingerprint density at radius 1 is 1.31 bits per heavy atom. The zero-order chi connectivity index (χ0) is 11.5. The molecule has 1 aliphatic rings. The highest BCUT2D eigenvalue weighted by molar-refractivity contribution is 6.38. The van der Waals surface area contributed by atoms with Crippen LogP contribution in [0.25, 0.3) is 0 Å². The van der Waals surface area contributed by atoms with Crippen molar-refractivity contribution < 1.29 is 14.3 Å². The van der Waals surface area contributed by atoms with Crippen LogP contribution in [0.2, 0.25) is 0 Å². The molecule has 0 aromatic heterocycles. The number of morpholine rings is 1. The van der Waals surface area contributed by atoms with Crippen LogP contribution < -0.4 is 4.90 Å². The average Bonchev–Trinajstić information content (AvgIpc) is 2.33. The minimum Gasteiger partial charge on any atom is -0.457 e. The van der Waals surface area contributed by atoms with Gasteiger partial charge in [-0.2, -0.15) is 5.26 Å². The Morgan fingerprint density at radius 2 is 2.06 bits per heavy atom. The number of hydrogen-bond acceptors (Lipinski definition) is 4. The van der Waals surface area contributed by atoms with Gasteiger partial charge in [0.15, 0.2) is 0 Å². The summed E-state index contributed by atoms with van der Waals surface area (Å²) in [7, 11) is 0. The van der Waals surface area contributed by atoms with E-state index >= 15 is 0 Å². The molecule has 1 saturated heterocycles. The second-order valence-electron chi connectivity index (χ2n) is 3.22. The van der Waals surface area contributed by atoms with Crippen molar-refractivity contribution in [3.05, 3.63) is 29.8 Å². The molecule has 1 aromatic carbocycles. The quantitative estimate of drug-likeness (QED) is 0.504. The normalized spacial score (nSPS) is 15.6. The number of anilines is 1. The van der Waals surface area contributed by atoms with Crippen LogP contribution in [0.1, 0.15) is 5.56 Å². The van der Waals surface area contributed by atoms with E-state index in [0.717, 1.165) is 0 Å². The molecule has 1 aliphatic heterocycles. The number of cyclic esters (lactones) is 1. The van der Waals surface area contributed by atoms with Gasteiger partial charge >= 0.3 is 11.9 Å². The number of rotatable bonds is 1. The van der Waals surface area contributed by atoms with Crippen molar-refractivity contribution in [1.29, 1.82) is 5.26 Å². The molecule has 0 N–H and O–H groups in total. The lowest BCUT2D eigenvalue weighted by Crippen LogP contribution is -2.45. The zero-order valence-corrected chi connectivity index (χ0v) is 8.34. The highest BCUT2D eigenvalue weighted by Gasteiger charge is 2.30. The third kappa shape index (κ3) is 1.61. The number of hydrogen-bond donors (Lipinski definition) is 0. The number of amides is 1.